The third-order valence-electron chi connectivity index (χ3n) is 5.32. The number of rotatable bonds is 11. The molecule has 0 bridgehead atoms. The average Bonchev–Trinajstić information content (AvgIpc) is 3.04. The van der Waals surface area contributed by atoms with Crippen molar-refractivity contribution in [2.24, 2.45) is 4.99 Å². The highest BCUT2D eigenvalue weighted by Gasteiger charge is 2.33. The van der Waals surface area contributed by atoms with Crippen molar-refractivity contribution in [2.75, 3.05) is 6.54 Å². The zero-order chi connectivity index (χ0) is 24.0. The van der Waals surface area contributed by atoms with Gasteiger partial charge in [0.1, 0.15) is 0 Å². The molecule has 182 valence electrons. The van der Waals surface area contributed by atoms with Crippen molar-refractivity contribution in [3.8, 4) is 0 Å². The van der Waals surface area contributed by atoms with Crippen LogP contribution in [0, 0.1) is 12.3 Å². The monoisotopic (exact) mass is 517 g/mol. The molecule has 0 aliphatic heterocycles. The maximum absolute atomic E-state index is 11.0. The second-order valence-electron chi connectivity index (χ2n) is 7.82. The molecule has 0 amide bonds. The zero-order valence-corrected chi connectivity index (χ0v) is 21.1. The number of fused-ring (bicyclic) bond motifs is 1. The summed E-state index contributed by atoms with van der Waals surface area (Å²) < 4.78 is 32.8. The second kappa shape index (κ2) is 11.8. The maximum Gasteiger partial charge on any atom is 0.320 e. The van der Waals surface area contributed by atoms with E-state index in [1.54, 1.807) is 0 Å². The zero-order valence-electron chi connectivity index (χ0n) is 18.2. The van der Waals surface area contributed by atoms with Gasteiger partial charge in [0.2, 0.25) is 0 Å². The van der Waals surface area contributed by atoms with Crippen LogP contribution in [0.4, 0.5) is 0 Å². The third-order valence-corrected chi connectivity index (χ3v) is 7.41. The van der Waals surface area contributed by atoms with Gasteiger partial charge in [0.25, 0.3) is 5.97 Å². The Morgan fingerprint density at radius 3 is 2.45 bits per heavy atom. The molecule has 3 rings (SSSR count). The molecule has 1 aromatic heterocycles. The van der Waals surface area contributed by atoms with E-state index in [0.717, 1.165) is 42.5 Å². The Bertz CT molecular complexity index is 1080. The number of hydrogen-bond acceptors (Lipinski definition) is 8. The Morgan fingerprint density at radius 2 is 1.82 bits per heavy atom. The fraction of sp³-hybridized carbons (Fsp3) is 0.500. The number of aliphatic imine (C=N–C) groups is 1. The predicted octanol–water partition coefficient (Wildman–Crippen LogP) is 2.93. The number of benzene rings is 1. The van der Waals surface area contributed by atoms with Gasteiger partial charge in [0, 0.05) is 23.5 Å². The number of aryl methyl sites for hydroxylation is 2. The Hall–Kier alpha value is -1.42. The van der Waals surface area contributed by atoms with Crippen LogP contribution in [0.2, 0.25) is 0 Å². The summed E-state index contributed by atoms with van der Waals surface area (Å²) in [6.07, 6.45) is 4.01. The van der Waals surface area contributed by atoms with Gasteiger partial charge in [0.15, 0.2) is 4.80 Å². The molecule has 1 aliphatic rings. The highest BCUT2D eigenvalue weighted by atomic mass is 32.1. The molecule has 13 heteroatoms. The minimum Gasteiger partial charge on any atom is -0.343 e. The van der Waals surface area contributed by atoms with E-state index in [1.165, 1.54) is 21.9 Å². The molecule has 2 aromatic rings. The Labute approximate surface area is 197 Å². The van der Waals surface area contributed by atoms with Crippen LogP contribution in [0.1, 0.15) is 47.4 Å². The van der Waals surface area contributed by atoms with Crippen LogP contribution in [-0.4, -0.2) is 37.7 Å². The topological polar surface area (TPSA) is 154 Å². The molecular formula is C20H29N3O7P2S. The fourth-order valence-electron chi connectivity index (χ4n) is 3.76. The van der Waals surface area contributed by atoms with E-state index in [9.17, 15) is 14.2 Å². The smallest absolute Gasteiger partial charge is 0.320 e. The number of thiazole rings is 1. The van der Waals surface area contributed by atoms with Crippen LogP contribution in [0.3, 0.4) is 0 Å². The van der Waals surface area contributed by atoms with Crippen molar-refractivity contribution in [3.05, 3.63) is 50.8 Å². The normalized spacial score (nSPS) is 17.9. The third kappa shape index (κ3) is 7.53. The highest BCUT2D eigenvalue weighted by molar-refractivity contribution is 7.33. The van der Waals surface area contributed by atoms with Crippen molar-refractivity contribution < 1.29 is 33.1 Å². The number of nitrogens with zero attached hydrogens (tertiary/aromatic N) is 2. The molecule has 0 saturated carbocycles. The van der Waals surface area contributed by atoms with E-state index in [4.69, 9.17) is 15.2 Å². The van der Waals surface area contributed by atoms with Crippen molar-refractivity contribution in [2.45, 2.75) is 58.0 Å². The fourth-order valence-corrected chi connectivity index (χ4v) is 5.77. The molecule has 0 saturated heterocycles. The SMILES string of the molecule is Cc1ccc(/C(Cn2c3c(sc2=N)CCCC3)=N\CCCC(O)(O[PH](=O)O)O[PH](=O)O)cc1. The van der Waals surface area contributed by atoms with Crippen molar-refractivity contribution in [1.29, 1.82) is 5.41 Å². The standard InChI is InChI=1S/C20H29N3O7P2S/c1-14-7-9-15(10-8-14)16(13-23-17-5-2-3-6-18(17)33-19(23)21)22-12-4-11-20(24,29-31(25)26)30-32(27)28/h7-10,21,24,31-32H,2-6,11-13H2,1H3,(H,25,26)(H,27,28)/b21-19?,22-16-. The first-order chi connectivity index (χ1) is 15.7. The van der Waals surface area contributed by atoms with E-state index >= 15 is 0 Å². The van der Waals surface area contributed by atoms with Gasteiger partial charge in [-0.3, -0.25) is 28.6 Å². The van der Waals surface area contributed by atoms with Gasteiger partial charge in [-0.25, -0.2) is 0 Å². The second-order valence-corrected chi connectivity index (χ2v) is 10.4. The Kier molecular flexibility index (Phi) is 9.38. The van der Waals surface area contributed by atoms with Gasteiger partial charge < -0.3 is 19.5 Å². The van der Waals surface area contributed by atoms with Crippen LogP contribution in [0.5, 0.6) is 0 Å². The van der Waals surface area contributed by atoms with E-state index in [-0.39, 0.29) is 19.4 Å². The maximum atomic E-state index is 11.0. The summed E-state index contributed by atoms with van der Waals surface area (Å²) >= 11 is 1.51. The van der Waals surface area contributed by atoms with Crippen LogP contribution in [-0.2, 0) is 37.6 Å². The molecule has 2 atom stereocenters. The average molecular weight is 517 g/mol. The first-order valence-electron chi connectivity index (χ1n) is 10.6. The lowest BCUT2D eigenvalue weighted by molar-refractivity contribution is -0.277. The molecular weight excluding hydrogens is 488 g/mol. The number of hydrogen-bond donors (Lipinski definition) is 4. The molecule has 1 aliphatic carbocycles. The Morgan fingerprint density at radius 1 is 1.18 bits per heavy atom. The minimum absolute atomic E-state index is 0.163. The van der Waals surface area contributed by atoms with Crippen LogP contribution in [0.15, 0.2) is 29.3 Å². The number of aromatic nitrogens is 1. The minimum atomic E-state index is -3.60. The summed E-state index contributed by atoms with van der Waals surface area (Å²) in [6, 6.07) is 7.91. The summed E-state index contributed by atoms with van der Waals surface area (Å²) in [6.45, 7) is 2.63. The Balaban J connectivity index is 1.79. The van der Waals surface area contributed by atoms with Crippen molar-refractivity contribution in [1.82, 2.24) is 4.57 Å². The summed E-state index contributed by atoms with van der Waals surface area (Å²) in [5.41, 5.74) is 3.97. The molecule has 0 spiro atoms. The molecule has 1 heterocycles. The van der Waals surface area contributed by atoms with Crippen LogP contribution >= 0.6 is 27.8 Å². The molecule has 1 aromatic carbocycles. The van der Waals surface area contributed by atoms with Gasteiger partial charge in [0.05, 0.1) is 12.3 Å². The van der Waals surface area contributed by atoms with Gasteiger partial charge in [-0.2, -0.15) is 0 Å². The first kappa shape index (κ1) is 26.2. The predicted molar refractivity (Wildman–Crippen MR) is 126 cm³/mol. The lowest BCUT2D eigenvalue weighted by Crippen LogP contribution is -2.31. The van der Waals surface area contributed by atoms with Gasteiger partial charge in [-0.05, 0) is 44.6 Å². The van der Waals surface area contributed by atoms with Crippen LogP contribution < -0.4 is 4.80 Å². The first-order valence-corrected chi connectivity index (χ1v) is 13.9. The lowest BCUT2D eigenvalue weighted by atomic mass is 10.0. The molecule has 4 N–H and O–H groups in total. The molecule has 0 radical (unpaired) electrons. The highest BCUT2D eigenvalue weighted by Crippen LogP contribution is 2.35. The molecule has 33 heavy (non-hydrogen) atoms. The largest absolute Gasteiger partial charge is 0.343 e. The summed E-state index contributed by atoms with van der Waals surface area (Å²) in [5.74, 6) is -2.63. The van der Waals surface area contributed by atoms with E-state index in [2.05, 4.69) is 14.0 Å². The number of nitrogens with one attached hydrogen (secondary N) is 1. The van der Waals surface area contributed by atoms with Crippen molar-refractivity contribution in [3.63, 3.8) is 0 Å². The van der Waals surface area contributed by atoms with Gasteiger partial charge in [-0.1, -0.05) is 29.8 Å². The summed E-state index contributed by atoms with van der Waals surface area (Å²) in [4.78, 5) is 24.3. The van der Waals surface area contributed by atoms with Crippen molar-refractivity contribution >= 4 is 33.6 Å². The summed E-state index contributed by atoms with van der Waals surface area (Å²) in [7, 11) is -7.20. The van der Waals surface area contributed by atoms with E-state index in [1.807, 2.05) is 35.8 Å². The molecule has 10 nitrogen and oxygen atoms in total. The molecule has 2 unspecified atom stereocenters. The molecule has 0 fully saturated rings. The van der Waals surface area contributed by atoms with E-state index in [0.29, 0.717) is 11.3 Å². The van der Waals surface area contributed by atoms with Gasteiger partial charge in [-0.15, -0.1) is 11.3 Å². The van der Waals surface area contributed by atoms with Gasteiger partial charge >= 0.3 is 16.5 Å². The summed E-state index contributed by atoms with van der Waals surface area (Å²) in [5, 5.41) is 18.6. The lowest BCUT2D eigenvalue weighted by Gasteiger charge is -2.24. The number of aliphatic hydroxyl groups is 1. The van der Waals surface area contributed by atoms with E-state index < -0.39 is 22.5 Å². The van der Waals surface area contributed by atoms with Crippen LogP contribution in [0.25, 0.3) is 0 Å². The quantitative estimate of drug-likeness (QED) is 0.155.